The number of fused-ring (bicyclic) bond motifs is 2. The van der Waals surface area contributed by atoms with E-state index in [9.17, 15) is 0 Å². The topological polar surface area (TPSA) is 98.7 Å². The van der Waals surface area contributed by atoms with Gasteiger partial charge in [-0.1, -0.05) is 146 Å². The lowest BCUT2D eigenvalue weighted by Gasteiger charge is -2.16. The Kier molecular flexibility index (Phi) is 15.2. The van der Waals surface area contributed by atoms with E-state index in [4.69, 9.17) is 19.8 Å². The first kappa shape index (κ1) is 37.5. The smallest absolute Gasteiger partial charge is 0.414 e. The zero-order valence-electron chi connectivity index (χ0n) is 29.0. The normalized spacial score (nSPS) is 11.8. The van der Waals surface area contributed by atoms with Crippen LogP contribution in [0.25, 0.3) is 21.5 Å². The summed E-state index contributed by atoms with van der Waals surface area (Å²) in [7, 11) is 4.10. The summed E-state index contributed by atoms with van der Waals surface area (Å²) in [5.74, 6) is -3.65. The van der Waals surface area contributed by atoms with Gasteiger partial charge in [0, 0.05) is 12.1 Å². The molecule has 6 aromatic carbocycles. The van der Waals surface area contributed by atoms with E-state index in [0.717, 1.165) is 25.7 Å². The van der Waals surface area contributed by atoms with Crippen molar-refractivity contribution in [3.05, 3.63) is 168 Å². The van der Waals surface area contributed by atoms with Gasteiger partial charge < -0.3 is 20.8 Å². The molecule has 258 valence electrons. The molecule has 4 N–H and O–H groups in total. The first-order valence-electron chi connectivity index (χ1n) is 17.2. The molecule has 6 nitrogen and oxygen atoms in total. The molecule has 6 rings (SSSR count). The van der Waals surface area contributed by atoms with Crippen molar-refractivity contribution < 1.29 is 19.8 Å². The third kappa shape index (κ3) is 11.4. The number of carbonyl (C=O) groups is 2. The minimum Gasteiger partial charge on any atom is -0.473 e. The second-order valence-corrected chi connectivity index (χ2v) is 12.2. The number of nitrogens with one attached hydrogen (secondary N) is 2. The third-order valence-corrected chi connectivity index (χ3v) is 8.92. The van der Waals surface area contributed by atoms with Crippen LogP contribution in [0.15, 0.2) is 146 Å². The molecule has 0 amide bonds. The molecule has 0 saturated heterocycles. The molecule has 0 radical (unpaired) electrons. The minimum atomic E-state index is -1.82. The van der Waals surface area contributed by atoms with Gasteiger partial charge in [-0.15, -0.1) is 0 Å². The summed E-state index contributed by atoms with van der Waals surface area (Å²) < 4.78 is 0. The summed E-state index contributed by atoms with van der Waals surface area (Å²) in [5, 5.41) is 27.1. The lowest BCUT2D eigenvalue weighted by molar-refractivity contribution is -0.159. The van der Waals surface area contributed by atoms with Crippen LogP contribution in [-0.2, 0) is 22.4 Å². The van der Waals surface area contributed by atoms with E-state index in [1.165, 1.54) is 56.6 Å². The van der Waals surface area contributed by atoms with Gasteiger partial charge in [-0.2, -0.15) is 0 Å². The highest BCUT2D eigenvalue weighted by molar-refractivity contribution is 6.27. The van der Waals surface area contributed by atoms with E-state index >= 15 is 0 Å². The molecule has 0 heterocycles. The van der Waals surface area contributed by atoms with Crippen LogP contribution < -0.4 is 10.6 Å². The number of rotatable bonds is 12. The first-order valence-corrected chi connectivity index (χ1v) is 17.2. The fourth-order valence-corrected chi connectivity index (χ4v) is 6.34. The number of aliphatic carboxylic acids is 2. The SMILES string of the molecule is CNC(CCCc1cccc2ccccc12)c1ccccc1.CNC(CCCc1cccc2ccccc12)c1ccccc1.O=C(O)C(=O)O. The fraction of sp³-hybridized carbons (Fsp3) is 0.227. The molecule has 0 aliphatic rings. The van der Waals surface area contributed by atoms with E-state index in [0.29, 0.717) is 12.1 Å². The van der Waals surface area contributed by atoms with Gasteiger partial charge in [-0.3, -0.25) is 0 Å². The standard InChI is InChI=1S/2C21H23N.C2H2O4/c2*1-22-21(19-10-3-2-4-11-19)16-8-14-18-13-7-12-17-9-5-6-15-20(17)18;3-1(4)2(5)6/h2*2-7,9-13,15,21-22H,8,14,16H2,1H3;(H,3,4)(H,5,6). The highest BCUT2D eigenvalue weighted by Gasteiger charge is 2.10. The fourth-order valence-electron chi connectivity index (χ4n) is 6.34. The molecule has 0 spiro atoms. The van der Waals surface area contributed by atoms with E-state index in [1.807, 2.05) is 0 Å². The van der Waals surface area contributed by atoms with Crippen molar-refractivity contribution in [1.29, 1.82) is 0 Å². The average Bonchev–Trinajstić information content (AvgIpc) is 3.16. The zero-order valence-corrected chi connectivity index (χ0v) is 29.0. The monoisotopic (exact) mass is 668 g/mol. The second kappa shape index (κ2) is 20.3. The Hall–Kier alpha value is -5.30. The Morgan fingerprint density at radius 3 is 1.18 bits per heavy atom. The lowest BCUT2D eigenvalue weighted by Crippen LogP contribution is -2.16. The van der Waals surface area contributed by atoms with Gasteiger partial charge in [0.25, 0.3) is 0 Å². The molecule has 0 fully saturated rings. The van der Waals surface area contributed by atoms with Crippen LogP contribution in [0.2, 0.25) is 0 Å². The molecule has 0 saturated carbocycles. The Bertz CT molecular complexity index is 1760. The van der Waals surface area contributed by atoms with Gasteiger partial charge in [0.2, 0.25) is 0 Å². The van der Waals surface area contributed by atoms with Crippen molar-refractivity contribution >= 4 is 33.5 Å². The second-order valence-electron chi connectivity index (χ2n) is 12.2. The Labute approximate surface area is 295 Å². The van der Waals surface area contributed by atoms with Crippen molar-refractivity contribution in [1.82, 2.24) is 10.6 Å². The predicted octanol–water partition coefficient (Wildman–Crippen LogP) is 9.40. The molecule has 0 aliphatic heterocycles. The lowest BCUT2D eigenvalue weighted by atomic mass is 9.96. The van der Waals surface area contributed by atoms with Crippen molar-refractivity contribution in [2.75, 3.05) is 14.1 Å². The molecule has 0 aromatic heterocycles. The maximum absolute atomic E-state index is 9.10. The molecular formula is C44H48N2O4. The summed E-state index contributed by atoms with van der Waals surface area (Å²) in [6, 6.07) is 52.9. The number of aryl methyl sites for hydroxylation is 2. The zero-order chi connectivity index (χ0) is 35.6. The van der Waals surface area contributed by atoms with Gasteiger partial charge in [-0.05, 0) is 96.4 Å². The van der Waals surface area contributed by atoms with E-state index in [2.05, 4.69) is 170 Å². The van der Waals surface area contributed by atoms with Crippen molar-refractivity contribution in [3.8, 4) is 0 Å². The number of benzene rings is 6. The predicted molar refractivity (Wildman–Crippen MR) is 206 cm³/mol. The molecule has 50 heavy (non-hydrogen) atoms. The molecule has 2 unspecified atom stereocenters. The van der Waals surface area contributed by atoms with Crippen molar-refractivity contribution in [2.24, 2.45) is 0 Å². The van der Waals surface area contributed by atoms with Crippen LogP contribution in [0.5, 0.6) is 0 Å². The van der Waals surface area contributed by atoms with Crippen LogP contribution in [-0.4, -0.2) is 36.2 Å². The Balaban J connectivity index is 0.000000194. The van der Waals surface area contributed by atoms with Gasteiger partial charge in [0.05, 0.1) is 0 Å². The summed E-state index contributed by atoms with van der Waals surface area (Å²) in [5.41, 5.74) is 5.67. The number of hydrogen-bond acceptors (Lipinski definition) is 4. The molecule has 0 bridgehead atoms. The maximum Gasteiger partial charge on any atom is 0.414 e. The molecular weight excluding hydrogens is 620 g/mol. The van der Waals surface area contributed by atoms with Gasteiger partial charge >= 0.3 is 11.9 Å². The van der Waals surface area contributed by atoms with Crippen LogP contribution in [0, 0.1) is 0 Å². The van der Waals surface area contributed by atoms with E-state index in [1.54, 1.807) is 0 Å². The molecule has 6 aromatic rings. The average molecular weight is 669 g/mol. The Morgan fingerprint density at radius 2 is 0.820 bits per heavy atom. The molecule has 6 heteroatoms. The quantitative estimate of drug-likeness (QED) is 0.0971. The number of hydrogen-bond donors (Lipinski definition) is 4. The van der Waals surface area contributed by atoms with Gasteiger partial charge in [-0.25, -0.2) is 9.59 Å². The summed E-state index contributed by atoms with van der Waals surface area (Å²) in [6.07, 6.45) is 6.95. The van der Waals surface area contributed by atoms with Crippen LogP contribution in [0.3, 0.4) is 0 Å². The van der Waals surface area contributed by atoms with E-state index < -0.39 is 11.9 Å². The molecule has 2 atom stereocenters. The number of carboxylic acid groups (broad SMARTS) is 2. The largest absolute Gasteiger partial charge is 0.473 e. The summed E-state index contributed by atoms with van der Waals surface area (Å²) >= 11 is 0. The third-order valence-electron chi connectivity index (χ3n) is 8.92. The summed E-state index contributed by atoms with van der Waals surface area (Å²) in [4.78, 5) is 18.2. The van der Waals surface area contributed by atoms with Crippen LogP contribution >= 0.6 is 0 Å². The van der Waals surface area contributed by atoms with Gasteiger partial charge in [0.1, 0.15) is 0 Å². The van der Waals surface area contributed by atoms with E-state index in [-0.39, 0.29) is 0 Å². The van der Waals surface area contributed by atoms with Gasteiger partial charge in [0.15, 0.2) is 0 Å². The van der Waals surface area contributed by atoms with Crippen molar-refractivity contribution in [3.63, 3.8) is 0 Å². The highest BCUT2D eigenvalue weighted by atomic mass is 16.4. The molecule has 0 aliphatic carbocycles. The minimum absolute atomic E-state index is 0.441. The highest BCUT2D eigenvalue weighted by Crippen LogP contribution is 2.25. The van der Waals surface area contributed by atoms with Crippen LogP contribution in [0.4, 0.5) is 0 Å². The van der Waals surface area contributed by atoms with Crippen molar-refractivity contribution in [2.45, 2.75) is 50.6 Å². The summed E-state index contributed by atoms with van der Waals surface area (Å²) in [6.45, 7) is 0. The Morgan fingerprint density at radius 1 is 0.480 bits per heavy atom. The first-order chi connectivity index (χ1) is 24.4. The van der Waals surface area contributed by atoms with Crippen LogP contribution in [0.1, 0.15) is 60.0 Å². The number of carboxylic acids is 2. The maximum atomic E-state index is 9.10.